The van der Waals surface area contributed by atoms with E-state index in [9.17, 15) is 4.79 Å². The van der Waals surface area contributed by atoms with Crippen LogP contribution in [0.5, 0.6) is 0 Å². The highest BCUT2D eigenvalue weighted by molar-refractivity contribution is 6.30. The van der Waals surface area contributed by atoms with Gasteiger partial charge in [-0.1, -0.05) is 54.1 Å². The molecular formula is C22H21ClN2O. The molecule has 1 aliphatic heterocycles. The molecule has 0 saturated carbocycles. The van der Waals surface area contributed by atoms with E-state index in [-0.39, 0.29) is 11.8 Å². The van der Waals surface area contributed by atoms with Crippen LogP contribution in [-0.4, -0.2) is 19.0 Å². The Morgan fingerprint density at radius 2 is 1.69 bits per heavy atom. The van der Waals surface area contributed by atoms with Gasteiger partial charge in [-0.3, -0.25) is 4.79 Å². The summed E-state index contributed by atoms with van der Waals surface area (Å²) < 4.78 is 0. The molecule has 1 heterocycles. The monoisotopic (exact) mass is 364 g/mol. The molecule has 0 unspecified atom stereocenters. The Labute approximate surface area is 158 Å². The van der Waals surface area contributed by atoms with Gasteiger partial charge in [0.2, 0.25) is 5.91 Å². The maximum Gasteiger partial charge on any atom is 0.227 e. The molecule has 26 heavy (non-hydrogen) atoms. The number of piperidine rings is 1. The minimum absolute atomic E-state index is 0.0419. The molecule has 1 fully saturated rings. The molecule has 1 aliphatic rings. The van der Waals surface area contributed by atoms with E-state index in [1.165, 1.54) is 16.5 Å². The summed E-state index contributed by atoms with van der Waals surface area (Å²) in [5, 5.41) is 6.16. The summed E-state index contributed by atoms with van der Waals surface area (Å²) in [5.74, 6) is 0.130. The van der Waals surface area contributed by atoms with Crippen molar-refractivity contribution in [2.24, 2.45) is 5.92 Å². The lowest BCUT2D eigenvalue weighted by Crippen LogP contribution is -2.38. The van der Waals surface area contributed by atoms with Crippen LogP contribution < -0.4 is 10.2 Å². The van der Waals surface area contributed by atoms with E-state index < -0.39 is 0 Å². The topological polar surface area (TPSA) is 32.3 Å². The van der Waals surface area contributed by atoms with Crippen molar-refractivity contribution in [3.63, 3.8) is 0 Å². The van der Waals surface area contributed by atoms with Crippen LogP contribution in [0.25, 0.3) is 10.8 Å². The second-order valence-electron chi connectivity index (χ2n) is 6.76. The SMILES string of the molecule is O=C(Nc1cccc(Cl)c1)C1CCN(c2cccc3ccccc23)CC1. The third kappa shape index (κ3) is 3.54. The number of carbonyl (C=O) groups is 1. The number of fused-ring (bicyclic) bond motifs is 1. The van der Waals surface area contributed by atoms with Gasteiger partial charge in [0.15, 0.2) is 0 Å². The smallest absolute Gasteiger partial charge is 0.227 e. The highest BCUT2D eigenvalue weighted by atomic mass is 35.5. The van der Waals surface area contributed by atoms with Gasteiger partial charge in [-0.15, -0.1) is 0 Å². The van der Waals surface area contributed by atoms with E-state index in [2.05, 4.69) is 52.7 Å². The molecular weight excluding hydrogens is 344 g/mol. The van der Waals surface area contributed by atoms with Gasteiger partial charge >= 0.3 is 0 Å². The molecule has 0 atom stereocenters. The summed E-state index contributed by atoms with van der Waals surface area (Å²) in [5.41, 5.74) is 2.02. The Morgan fingerprint density at radius 1 is 0.962 bits per heavy atom. The van der Waals surface area contributed by atoms with E-state index in [0.29, 0.717) is 5.02 Å². The minimum atomic E-state index is 0.0419. The first kappa shape index (κ1) is 16.9. The van der Waals surface area contributed by atoms with Crippen molar-refractivity contribution in [1.82, 2.24) is 0 Å². The summed E-state index contributed by atoms with van der Waals surface area (Å²) in [6.45, 7) is 1.78. The molecule has 0 radical (unpaired) electrons. The summed E-state index contributed by atoms with van der Waals surface area (Å²) in [6.07, 6.45) is 1.71. The first-order chi connectivity index (χ1) is 12.7. The van der Waals surface area contributed by atoms with Crippen LogP contribution in [0.15, 0.2) is 66.7 Å². The van der Waals surface area contributed by atoms with Crippen molar-refractivity contribution in [2.45, 2.75) is 12.8 Å². The predicted octanol–water partition coefficient (Wildman–Crippen LogP) is 5.35. The number of benzene rings is 3. The fourth-order valence-corrected chi connectivity index (χ4v) is 3.87. The van der Waals surface area contributed by atoms with Crippen LogP contribution in [0.3, 0.4) is 0 Å². The van der Waals surface area contributed by atoms with Crippen LogP contribution in [0.4, 0.5) is 11.4 Å². The van der Waals surface area contributed by atoms with Gasteiger partial charge in [0.1, 0.15) is 0 Å². The zero-order chi connectivity index (χ0) is 17.9. The molecule has 1 N–H and O–H groups in total. The van der Waals surface area contributed by atoms with Crippen molar-refractivity contribution in [3.8, 4) is 0 Å². The Morgan fingerprint density at radius 3 is 2.50 bits per heavy atom. The Kier molecular flexibility index (Phi) is 4.81. The third-order valence-corrected chi connectivity index (χ3v) is 5.30. The molecule has 3 aromatic carbocycles. The quantitative estimate of drug-likeness (QED) is 0.679. The third-order valence-electron chi connectivity index (χ3n) is 5.07. The highest BCUT2D eigenvalue weighted by Crippen LogP contribution is 2.30. The Balaban J connectivity index is 1.43. The lowest BCUT2D eigenvalue weighted by Gasteiger charge is -2.33. The molecule has 3 aromatic rings. The highest BCUT2D eigenvalue weighted by Gasteiger charge is 2.25. The maximum absolute atomic E-state index is 12.6. The van der Waals surface area contributed by atoms with Crippen molar-refractivity contribution in [3.05, 3.63) is 71.8 Å². The van der Waals surface area contributed by atoms with E-state index >= 15 is 0 Å². The lowest BCUT2D eigenvalue weighted by molar-refractivity contribution is -0.120. The van der Waals surface area contributed by atoms with Crippen LogP contribution >= 0.6 is 11.6 Å². The lowest BCUT2D eigenvalue weighted by atomic mass is 9.94. The van der Waals surface area contributed by atoms with E-state index in [1.807, 2.05) is 12.1 Å². The standard InChI is InChI=1S/C22H21ClN2O/c23-18-7-4-8-19(15-18)24-22(26)17-11-13-25(14-12-17)21-10-3-6-16-5-1-2-9-20(16)21/h1-10,15,17H,11-14H2,(H,24,26). The van der Waals surface area contributed by atoms with E-state index in [4.69, 9.17) is 11.6 Å². The number of carbonyl (C=O) groups excluding carboxylic acids is 1. The molecule has 1 amide bonds. The Bertz CT molecular complexity index is 927. The molecule has 0 aliphatic carbocycles. The van der Waals surface area contributed by atoms with E-state index in [0.717, 1.165) is 31.6 Å². The molecule has 0 bridgehead atoms. The number of nitrogens with one attached hydrogen (secondary N) is 1. The van der Waals surface area contributed by atoms with Crippen LogP contribution in [0.1, 0.15) is 12.8 Å². The largest absolute Gasteiger partial charge is 0.371 e. The number of nitrogens with zero attached hydrogens (tertiary/aromatic N) is 1. The molecule has 0 spiro atoms. The van der Waals surface area contributed by atoms with Gasteiger partial charge in [-0.25, -0.2) is 0 Å². The molecule has 3 nitrogen and oxygen atoms in total. The van der Waals surface area contributed by atoms with Crippen molar-refractivity contribution in [2.75, 3.05) is 23.3 Å². The molecule has 4 rings (SSSR count). The normalized spacial score (nSPS) is 15.2. The van der Waals surface area contributed by atoms with Crippen LogP contribution in [-0.2, 0) is 4.79 Å². The number of rotatable bonds is 3. The number of halogens is 1. The van der Waals surface area contributed by atoms with Gasteiger partial charge in [0.05, 0.1) is 0 Å². The van der Waals surface area contributed by atoms with Crippen molar-refractivity contribution >= 4 is 39.7 Å². The molecule has 1 saturated heterocycles. The number of hydrogen-bond donors (Lipinski definition) is 1. The van der Waals surface area contributed by atoms with Crippen LogP contribution in [0, 0.1) is 5.92 Å². The zero-order valence-corrected chi connectivity index (χ0v) is 15.2. The number of amides is 1. The Hall–Kier alpha value is -2.52. The van der Waals surface area contributed by atoms with E-state index in [1.54, 1.807) is 12.1 Å². The average Bonchev–Trinajstić information content (AvgIpc) is 2.68. The molecule has 4 heteroatoms. The fourth-order valence-electron chi connectivity index (χ4n) is 3.68. The molecule has 0 aromatic heterocycles. The van der Waals surface area contributed by atoms with Gasteiger partial charge in [0, 0.05) is 40.8 Å². The summed E-state index contributed by atoms with van der Waals surface area (Å²) >= 11 is 5.99. The first-order valence-electron chi connectivity index (χ1n) is 9.00. The second-order valence-corrected chi connectivity index (χ2v) is 7.20. The fraction of sp³-hybridized carbons (Fsp3) is 0.227. The zero-order valence-electron chi connectivity index (χ0n) is 14.5. The summed E-state index contributed by atoms with van der Waals surface area (Å²) in [4.78, 5) is 15.0. The predicted molar refractivity (Wildman–Crippen MR) is 109 cm³/mol. The summed E-state index contributed by atoms with van der Waals surface area (Å²) in [7, 11) is 0. The number of anilines is 2. The average molecular weight is 365 g/mol. The maximum atomic E-state index is 12.6. The molecule has 132 valence electrons. The van der Waals surface area contributed by atoms with Gasteiger partial charge in [-0.05, 0) is 42.5 Å². The second kappa shape index (κ2) is 7.38. The van der Waals surface area contributed by atoms with Gasteiger partial charge in [-0.2, -0.15) is 0 Å². The van der Waals surface area contributed by atoms with Crippen molar-refractivity contribution < 1.29 is 4.79 Å². The van der Waals surface area contributed by atoms with Crippen molar-refractivity contribution in [1.29, 1.82) is 0 Å². The number of hydrogen-bond acceptors (Lipinski definition) is 2. The summed E-state index contributed by atoms with van der Waals surface area (Å²) in [6, 6.07) is 22.2. The van der Waals surface area contributed by atoms with Crippen LogP contribution in [0.2, 0.25) is 5.02 Å². The minimum Gasteiger partial charge on any atom is -0.371 e. The van der Waals surface area contributed by atoms with Gasteiger partial charge in [0.25, 0.3) is 0 Å². The first-order valence-corrected chi connectivity index (χ1v) is 9.38. The van der Waals surface area contributed by atoms with Gasteiger partial charge < -0.3 is 10.2 Å².